The predicted octanol–water partition coefficient (Wildman–Crippen LogP) is 3.13. The van der Waals surface area contributed by atoms with Gasteiger partial charge in [-0.1, -0.05) is 0 Å². The Morgan fingerprint density at radius 2 is 1.62 bits per heavy atom. The molecule has 0 saturated carbocycles. The van der Waals surface area contributed by atoms with E-state index in [9.17, 15) is 26.3 Å². The van der Waals surface area contributed by atoms with Gasteiger partial charge in [-0.25, -0.2) is 0 Å². The maximum atomic E-state index is 12.4. The molecule has 8 heteroatoms. The van der Waals surface area contributed by atoms with Crippen molar-refractivity contribution in [2.45, 2.75) is 12.4 Å². The number of methoxy groups -OCH3 is 1. The molecular formula is C8H5F6NO. The summed E-state index contributed by atoms with van der Waals surface area (Å²) in [6.45, 7) is 0. The van der Waals surface area contributed by atoms with Crippen LogP contribution in [0.1, 0.15) is 11.3 Å². The summed E-state index contributed by atoms with van der Waals surface area (Å²) in [5.41, 5.74) is -3.91. The van der Waals surface area contributed by atoms with Crippen LogP contribution in [0.4, 0.5) is 26.3 Å². The molecule has 0 atom stereocenters. The van der Waals surface area contributed by atoms with Gasteiger partial charge in [-0.2, -0.15) is 26.3 Å². The Balaban J connectivity index is 3.51. The minimum absolute atomic E-state index is 0.608. The summed E-state index contributed by atoms with van der Waals surface area (Å²) in [5, 5.41) is 0. The lowest BCUT2D eigenvalue weighted by Crippen LogP contribution is -2.19. The van der Waals surface area contributed by atoms with Crippen LogP contribution in [-0.2, 0) is 12.4 Å². The number of halogens is 6. The summed E-state index contributed by atoms with van der Waals surface area (Å²) in [7, 11) is 0.852. The summed E-state index contributed by atoms with van der Waals surface area (Å²) >= 11 is 0. The van der Waals surface area contributed by atoms with Crippen molar-refractivity contribution in [3.05, 3.63) is 23.5 Å². The Labute approximate surface area is 85.9 Å². The standard InChI is InChI=1S/C8H5F6NO/c1-16-4-2-3-15-6(8(12,13)14)5(4)7(9,10)11/h2-3H,1H3. The Morgan fingerprint density at radius 1 is 1.06 bits per heavy atom. The molecule has 1 aromatic heterocycles. The quantitative estimate of drug-likeness (QED) is 0.709. The maximum absolute atomic E-state index is 12.4. The molecule has 0 fully saturated rings. The zero-order valence-electron chi connectivity index (χ0n) is 7.78. The molecule has 1 heterocycles. The van der Waals surface area contributed by atoms with Crippen LogP contribution in [0.25, 0.3) is 0 Å². The van der Waals surface area contributed by atoms with E-state index in [2.05, 4.69) is 9.72 Å². The Kier molecular flexibility index (Phi) is 3.02. The number of pyridine rings is 1. The summed E-state index contributed by atoms with van der Waals surface area (Å²) in [6, 6.07) is 0.720. The smallest absolute Gasteiger partial charge is 0.434 e. The van der Waals surface area contributed by atoms with E-state index in [4.69, 9.17) is 0 Å². The number of rotatable bonds is 1. The van der Waals surface area contributed by atoms with E-state index in [-0.39, 0.29) is 0 Å². The molecule has 90 valence electrons. The first-order valence-corrected chi connectivity index (χ1v) is 3.85. The van der Waals surface area contributed by atoms with Crippen molar-refractivity contribution < 1.29 is 31.1 Å². The van der Waals surface area contributed by atoms with Gasteiger partial charge in [-0.3, -0.25) is 4.98 Å². The molecular weight excluding hydrogens is 240 g/mol. The van der Waals surface area contributed by atoms with E-state index in [0.29, 0.717) is 6.20 Å². The van der Waals surface area contributed by atoms with E-state index >= 15 is 0 Å². The normalized spacial score (nSPS) is 12.7. The Morgan fingerprint density at radius 3 is 2.00 bits per heavy atom. The van der Waals surface area contributed by atoms with Crippen molar-refractivity contribution in [1.82, 2.24) is 4.98 Å². The highest BCUT2D eigenvalue weighted by molar-refractivity contribution is 5.39. The van der Waals surface area contributed by atoms with Gasteiger partial charge in [-0.05, 0) is 6.07 Å². The van der Waals surface area contributed by atoms with Gasteiger partial charge in [0.05, 0.1) is 7.11 Å². The molecule has 1 aromatic rings. The minimum Gasteiger partial charge on any atom is -0.496 e. The summed E-state index contributed by atoms with van der Waals surface area (Å²) < 4.78 is 78.3. The highest BCUT2D eigenvalue weighted by Crippen LogP contribution is 2.43. The molecule has 0 aromatic carbocycles. The summed E-state index contributed by atoms with van der Waals surface area (Å²) in [4.78, 5) is 2.70. The first kappa shape index (κ1) is 12.6. The zero-order valence-corrected chi connectivity index (χ0v) is 7.78. The molecule has 0 aliphatic rings. The monoisotopic (exact) mass is 245 g/mol. The summed E-state index contributed by atoms with van der Waals surface area (Å²) in [5.74, 6) is -0.908. The highest BCUT2D eigenvalue weighted by Gasteiger charge is 2.46. The fourth-order valence-corrected chi connectivity index (χ4v) is 1.10. The first-order valence-electron chi connectivity index (χ1n) is 3.85. The van der Waals surface area contributed by atoms with Gasteiger partial charge in [0.2, 0.25) is 0 Å². The topological polar surface area (TPSA) is 22.1 Å². The van der Waals surface area contributed by atoms with Crippen LogP contribution in [0.2, 0.25) is 0 Å². The molecule has 1 rings (SSSR count). The average molecular weight is 245 g/mol. The lowest BCUT2D eigenvalue weighted by molar-refractivity contribution is -0.165. The van der Waals surface area contributed by atoms with Crippen molar-refractivity contribution in [3.63, 3.8) is 0 Å². The van der Waals surface area contributed by atoms with Crippen molar-refractivity contribution >= 4 is 0 Å². The second-order valence-corrected chi connectivity index (χ2v) is 2.73. The van der Waals surface area contributed by atoms with Gasteiger partial charge in [0, 0.05) is 6.20 Å². The van der Waals surface area contributed by atoms with Gasteiger partial charge in [0.25, 0.3) is 0 Å². The number of hydrogen-bond donors (Lipinski definition) is 0. The predicted molar refractivity (Wildman–Crippen MR) is 40.8 cm³/mol. The molecule has 0 bridgehead atoms. The average Bonchev–Trinajstić information content (AvgIpc) is 2.13. The van der Waals surface area contributed by atoms with Crippen LogP contribution in [0.15, 0.2) is 12.3 Å². The van der Waals surface area contributed by atoms with E-state index in [0.717, 1.165) is 13.2 Å². The summed E-state index contributed by atoms with van der Waals surface area (Å²) in [6.07, 6.45) is -9.75. The third kappa shape index (κ3) is 2.37. The lowest BCUT2D eigenvalue weighted by Gasteiger charge is -2.16. The van der Waals surface area contributed by atoms with E-state index in [1.54, 1.807) is 0 Å². The number of nitrogens with zero attached hydrogens (tertiary/aromatic N) is 1. The molecule has 16 heavy (non-hydrogen) atoms. The molecule has 0 saturated heterocycles. The Hall–Kier alpha value is -1.47. The van der Waals surface area contributed by atoms with Crippen LogP contribution < -0.4 is 4.74 Å². The van der Waals surface area contributed by atoms with Crippen molar-refractivity contribution in [2.24, 2.45) is 0 Å². The fraction of sp³-hybridized carbons (Fsp3) is 0.375. The number of alkyl halides is 6. The third-order valence-electron chi connectivity index (χ3n) is 1.68. The van der Waals surface area contributed by atoms with Crippen LogP contribution in [0.3, 0.4) is 0 Å². The Bertz CT molecular complexity index is 383. The number of aromatic nitrogens is 1. The number of ether oxygens (including phenoxy) is 1. The van der Waals surface area contributed by atoms with Crippen molar-refractivity contribution in [2.75, 3.05) is 7.11 Å². The fourth-order valence-electron chi connectivity index (χ4n) is 1.10. The molecule has 0 spiro atoms. The van der Waals surface area contributed by atoms with Crippen molar-refractivity contribution in [3.8, 4) is 5.75 Å². The van der Waals surface area contributed by atoms with Gasteiger partial charge in [-0.15, -0.1) is 0 Å². The molecule has 0 radical (unpaired) electrons. The van der Waals surface area contributed by atoms with Crippen LogP contribution >= 0.6 is 0 Å². The SMILES string of the molecule is COc1ccnc(C(F)(F)F)c1C(F)(F)F. The lowest BCUT2D eigenvalue weighted by atomic mass is 10.1. The molecule has 2 nitrogen and oxygen atoms in total. The second-order valence-electron chi connectivity index (χ2n) is 2.73. The largest absolute Gasteiger partial charge is 0.496 e. The second kappa shape index (κ2) is 3.84. The third-order valence-corrected chi connectivity index (χ3v) is 1.68. The molecule has 0 amide bonds. The number of hydrogen-bond acceptors (Lipinski definition) is 2. The molecule has 0 aliphatic heterocycles. The van der Waals surface area contributed by atoms with Gasteiger partial charge in [0.1, 0.15) is 11.3 Å². The van der Waals surface area contributed by atoms with E-state index in [1.807, 2.05) is 0 Å². The van der Waals surface area contributed by atoms with Gasteiger partial charge >= 0.3 is 12.4 Å². The first-order chi connectivity index (χ1) is 7.18. The van der Waals surface area contributed by atoms with E-state index in [1.165, 1.54) is 0 Å². The van der Waals surface area contributed by atoms with Crippen LogP contribution in [-0.4, -0.2) is 12.1 Å². The minimum atomic E-state index is -5.18. The van der Waals surface area contributed by atoms with Crippen molar-refractivity contribution in [1.29, 1.82) is 0 Å². The molecule has 0 unspecified atom stereocenters. The van der Waals surface area contributed by atoms with Crippen LogP contribution in [0, 0.1) is 0 Å². The van der Waals surface area contributed by atoms with Crippen LogP contribution in [0.5, 0.6) is 5.75 Å². The maximum Gasteiger partial charge on any atom is 0.434 e. The van der Waals surface area contributed by atoms with Gasteiger partial charge < -0.3 is 4.74 Å². The zero-order chi connectivity index (χ0) is 12.6. The van der Waals surface area contributed by atoms with Gasteiger partial charge in [0.15, 0.2) is 5.69 Å². The molecule has 0 aliphatic carbocycles. The molecule has 0 N–H and O–H groups in total. The van der Waals surface area contributed by atoms with E-state index < -0.39 is 29.4 Å². The highest BCUT2D eigenvalue weighted by atomic mass is 19.4.